The Labute approximate surface area is 125 Å². The molecule has 0 spiro atoms. The van der Waals surface area contributed by atoms with Crippen molar-refractivity contribution < 1.29 is 8.42 Å². The van der Waals surface area contributed by atoms with Crippen molar-refractivity contribution in [2.45, 2.75) is 49.6 Å². The first kappa shape index (κ1) is 15.9. The Balaban J connectivity index is 2.34. The average molecular weight is 308 g/mol. The molecule has 1 heterocycles. The number of hydrogen-bond donors (Lipinski definition) is 1. The highest BCUT2D eigenvalue weighted by Gasteiger charge is 2.34. The van der Waals surface area contributed by atoms with Gasteiger partial charge >= 0.3 is 0 Å². The van der Waals surface area contributed by atoms with Crippen LogP contribution in [-0.2, 0) is 10.0 Å². The molecule has 0 atom stereocenters. The average Bonchev–Trinajstić information content (AvgIpc) is 2.49. The van der Waals surface area contributed by atoms with Crippen molar-refractivity contribution in [2.75, 3.05) is 6.54 Å². The van der Waals surface area contributed by atoms with Crippen molar-refractivity contribution in [1.29, 1.82) is 5.26 Å². The lowest BCUT2D eigenvalue weighted by molar-refractivity contribution is 0.247. The molecular formula is C14H20N4O2S. The number of rotatable bonds is 4. The quantitative estimate of drug-likeness (QED) is 0.901. The fourth-order valence-electron chi connectivity index (χ4n) is 2.82. The minimum Gasteiger partial charge on any atom is -0.328 e. The minimum atomic E-state index is -3.70. The monoisotopic (exact) mass is 308 g/mol. The maximum absolute atomic E-state index is 12.8. The molecule has 1 aliphatic rings. The number of nitrogens with two attached hydrogens (primary N) is 1. The number of nitrogens with zero attached hydrogens (tertiary/aromatic N) is 3. The fourth-order valence-corrected chi connectivity index (χ4v) is 4.61. The van der Waals surface area contributed by atoms with E-state index in [1.54, 1.807) is 6.07 Å². The Morgan fingerprint density at radius 1 is 1.43 bits per heavy atom. The molecule has 0 aromatic carbocycles. The summed E-state index contributed by atoms with van der Waals surface area (Å²) in [5.74, 6) is 0. The maximum atomic E-state index is 12.8. The van der Waals surface area contributed by atoms with Gasteiger partial charge in [0.25, 0.3) is 0 Å². The molecule has 1 saturated carbocycles. The smallest absolute Gasteiger partial charge is 0.246 e. The largest absolute Gasteiger partial charge is 0.328 e. The molecule has 0 bridgehead atoms. The Hall–Kier alpha value is -1.49. The predicted molar refractivity (Wildman–Crippen MR) is 78.7 cm³/mol. The van der Waals surface area contributed by atoms with Crippen molar-refractivity contribution in [3.63, 3.8) is 0 Å². The summed E-state index contributed by atoms with van der Waals surface area (Å²) < 4.78 is 27.1. The molecule has 0 radical (unpaired) electrons. The van der Waals surface area contributed by atoms with Crippen LogP contribution in [0.2, 0.25) is 0 Å². The molecule has 7 heteroatoms. The van der Waals surface area contributed by atoms with Gasteiger partial charge in [0.2, 0.25) is 10.0 Å². The van der Waals surface area contributed by atoms with Crippen LogP contribution in [0.3, 0.4) is 0 Å². The van der Waals surface area contributed by atoms with Crippen LogP contribution in [0.5, 0.6) is 0 Å². The van der Waals surface area contributed by atoms with E-state index in [4.69, 9.17) is 11.0 Å². The second-order valence-corrected chi connectivity index (χ2v) is 7.10. The summed E-state index contributed by atoms with van der Waals surface area (Å²) in [5, 5.41) is 9.07. The van der Waals surface area contributed by atoms with Crippen LogP contribution >= 0.6 is 0 Å². The van der Waals surface area contributed by atoms with E-state index in [1.165, 1.54) is 16.6 Å². The molecule has 2 rings (SSSR count). The van der Waals surface area contributed by atoms with E-state index in [9.17, 15) is 8.42 Å². The first-order valence-corrected chi connectivity index (χ1v) is 8.57. The molecule has 2 N–H and O–H groups in total. The van der Waals surface area contributed by atoms with Gasteiger partial charge in [0.15, 0.2) is 5.69 Å². The first-order valence-electron chi connectivity index (χ1n) is 7.13. The molecular weight excluding hydrogens is 288 g/mol. The second kappa shape index (κ2) is 6.52. The molecule has 0 amide bonds. The van der Waals surface area contributed by atoms with Gasteiger partial charge in [-0.1, -0.05) is 6.92 Å². The van der Waals surface area contributed by atoms with Gasteiger partial charge in [0, 0.05) is 24.8 Å². The topological polar surface area (TPSA) is 100 Å². The third-order valence-corrected chi connectivity index (χ3v) is 5.98. The van der Waals surface area contributed by atoms with Crippen molar-refractivity contribution in [3.8, 4) is 6.07 Å². The summed E-state index contributed by atoms with van der Waals surface area (Å²) in [4.78, 5) is 3.84. The molecule has 0 unspecified atom stereocenters. The van der Waals surface area contributed by atoms with Crippen LogP contribution in [0.1, 0.15) is 38.3 Å². The summed E-state index contributed by atoms with van der Waals surface area (Å²) in [6.45, 7) is 2.19. The lowest BCUT2D eigenvalue weighted by Gasteiger charge is -2.34. The Kier molecular flexibility index (Phi) is 4.93. The van der Waals surface area contributed by atoms with Crippen LogP contribution in [0.4, 0.5) is 0 Å². The van der Waals surface area contributed by atoms with Gasteiger partial charge < -0.3 is 5.73 Å². The molecule has 1 aromatic rings. The highest BCUT2D eigenvalue weighted by molar-refractivity contribution is 7.89. The molecule has 1 aliphatic carbocycles. The number of aromatic nitrogens is 1. The van der Waals surface area contributed by atoms with Gasteiger partial charge in [-0.05, 0) is 37.8 Å². The van der Waals surface area contributed by atoms with Crippen molar-refractivity contribution in [1.82, 2.24) is 9.29 Å². The fraction of sp³-hybridized carbons (Fsp3) is 0.571. The van der Waals surface area contributed by atoms with E-state index in [1.807, 2.05) is 13.0 Å². The van der Waals surface area contributed by atoms with E-state index in [2.05, 4.69) is 4.98 Å². The van der Waals surface area contributed by atoms with Gasteiger partial charge in [0.05, 0.1) is 0 Å². The number of sulfonamides is 1. The Morgan fingerprint density at radius 2 is 2.10 bits per heavy atom. The lowest BCUT2D eigenvalue weighted by Crippen LogP contribution is -2.44. The van der Waals surface area contributed by atoms with E-state index in [0.717, 1.165) is 25.7 Å². The number of pyridine rings is 1. The second-order valence-electron chi connectivity index (χ2n) is 5.24. The maximum Gasteiger partial charge on any atom is 0.246 e. The molecule has 114 valence electrons. The van der Waals surface area contributed by atoms with Gasteiger partial charge in [-0.15, -0.1) is 0 Å². The summed E-state index contributed by atoms with van der Waals surface area (Å²) in [6.07, 6.45) is 4.60. The van der Waals surface area contributed by atoms with Crippen molar-refractivity contribution in [2.24, 2.45) is 5.73 Å². The summed E-state index contributed by atoms with van der Waals surface area (Å²) in [6, 6.07) is 4.95. The molecule has 0 saturated heterocycles. The lowest BCUT2D eigenvalue weighted by atomic mass is 9.92. The molecule has 1 aromatic heterocycles. The third-order valence-electron chi connectivity index (χ3n) is 3.92. The molecule has 1 fully saturated rings. The van der Waals surface area contributed by atoms with Crippen LogP contribution in [0.25, 0.3) is 0 Å². The predicted octanol–water partition coefficient (Wildman–Crippen LogP) is 1.23. The number of nitriles is 1. The zero-order chi connectivity index (χ0) is 15.5. The van der Waals surface area contributed by atoms with E-state index < -0.39 is 10.0 Å². The summed E-state index contributed by atoms with van der Waals surface area (Å²) in [5.41, 5.74) is 5.83. The van der Waals surface area contributed by atoms with Gasteiger partial charge in [-0.2, -0.15) is 9.57 Å². The van der Waals surface area contributed by atoms with E-state index in [-0.39, 0.29) is 22.7 Å². The Morgan fingerprint density at radius 3 is 2.67 bits per heavy atom. The zero-order valence-corrected chi connectivity index (χ0v) is 12.9. The molecule has 6 nitrogen and oxygen atoms in total. The van der Waals surface area contributed by atoms with Crippen LogP contribution in [0.15, 0.2) is 23.2 Å². The summed E-state index contributed by atoms with van der Waals surface area (Å²) >= 11 is 0. The SMILES string of the molecule is CCN(C1CCC(N)CC1)S(=O)(=O)c1cccnc1C#N. The van der Waals surface area contributed by atoms with Crippen molar-refractivity contribution >= 4 is 10.0 Å². The highest BCUT2D eigenvalue weighted by atomic mass is 32.2. The van der Waals surface area contributed by atoms with Gasteiger partial charge in [-0.3, -0.25) is 0 Å². The van der Waals surface area contributed by atoms with Gasteiger partial charge in [-0.25, -0.2) is 13.4 Å². The number of hydrogen-bond acceptors (Lipinski definition) is 5. The highest BCUT2D eigenvalue weighted by Crippen LogP contribution is 2.28. The zero-order valence-electron chi connectivity index (χ0n) is 12.1. The van der Waals surface area contributed by atoms with E-state index in [0.29, 0.717) is 6.54 Å². The summed E-state index contributed by atoms with van der Waals surface area (Å²) in [7, 11) is -3.70. The Bertz CT molecular complexity index is 631. The molecule has 21 heavy (non-hydrogen) atoms. The molecule has 0 aliphatic heterocycles. The normalized spacial score (nSPS) is 23.0. The van der Waals surface area contributed by atoms with Crippen LogP contribution in [0, 0.1) is 11.3 Å². The minimum absolute atomic E-state index is 0.00998. The third kappa shape index (κ3) is 3.23. The standard InChI is InChI=1S/C14H20N4O2S/c1-2-18(12-7-5-11(16)6-8-12)21(19,20)14-4-3-9-17-13(14)10-15/h3-4,9,11-12H,2,5-8,16H2,1H3. The van der Waals surface area contributed by atoms with E-state index >= 15 is 0 Å². The van der Waals surface area contributed by atoms with Crippen molar-refractivity contribution in [3.05, 3.63) is 24.0 Å². The first-order chi connectivity index (χ1) is 10.0. The van der Waals surface area contributed by atoms with Crippen LogP contribution in [-0.4, -0.2) is 36.3 Å². The van der Waals surface area contributed by atoms with Gasteiger partial charge in [0.1, 0.15) is 11.0 Å². The van der Waals surface area contributed by atoms with Crippen LogP contribution < -0.4 is 5.73 Å².